The Morgan fingerprint density at radius 2 is 2.07 bits per heavy atom. The van der Waals surface area contributed by atoms with Crippen molar-refractivity contribution in [1.82, 2.24) is 0 Å². The summed E-state index contributed by atoms with van der Waals surface area (Å²) >= 11 is 0. The van der Waals surface area contributed by atoms with Gasteiger partial charge in [0.1, 0.15) is 5.36 Å². The van der Waals surface area contributed by atoms with Crippen molar-refractivity contribution >= 4 is 6.08 Å². The molecule has 1 aromatic carbocycles. The smallest absolute Gasteiger partial charge is 0.180 e. The highest BCUT2D eigenvalue weighted by atomic mass is 16.5. The maximum absolute atomic E-state index is 5.45. The summed E-state index contributed by atoms with van der Waals surface area (Å²) in [5.41, 5.74) is 1.02. The van der Waals surface area contributed by atoms with Gasteiger partial charge in [0.15, 0.2) is 12.5 Å². The van der Waals surface area contributed by atoms with E-state index in [9.17, 15) is 0 Å². The van der Waals surface area contributed by atoms with Gasteiger partial charge in [-0.25, -0.2) is 4.99 Å². The molecule has 3 rings (SSSR count). The molecule has 0 aliphatic carbocycles. The van der Waals surface area contributed by atoms with Gasteiger partial charge in [0.2, 0.25) is 0 Å². The molecule has 0 saturated carbocycles. The van der Waals surface area contributed by atoms with E-state index in [-0.39, 0.29) is 0 Å². The molecule has 2 aliphatic rings. The van der Waals surface area contributed by atoms with Crippen LogP contribution in [0.15, 0.2) is 40.5 Å². The third-order valence-electron chi connectivity index (χ3n) is 2.27. The van der Waals surface area contributed by atoms with E-state index in [4.69, 9.17) is 4.74 Å². The summed E-state index contributed by atoms with van der Waals surface area (Å²) in [6.07, 6.45) is 7.64. The van der Waals surface area contributed by atoms with Crippen LogP contribution >= 0.6 is 0 Å². The number of fused-ring (bicyclic) bond motifs is 3. The molecule has 68 valence electrons. The van der Waals surface area contributed by atoms with Crippen molar-refractivity contribution in [3.63, 3.8) is 0 Å². The molecule has 2 heterocycles. The van der Waals surface area contributed by atoms with Crippen LogP contribution in [0.2, 0.25) is 0 Å². The van der Waals surface area contributed by atoms with E-state index < -0.39 is 0 Å². The zero-order chi connectivity index (χ0) is 9.38. The first-order valence-electron chi connectivity index (χ1n) is 4.46. The molecular formula is C11H8N2O. The van der Waals surface area contributed by atoms with E-state index in [1.165, 1.54) is 0 Å². The van der Waals surface area contributed by atoms with E-state index in [0.29, 0.717) is 6.73 Å². The third kappa shape index (κ3) is 0.988. The second-order valence-corrected chi connectivity index (χ2v) is 3.11. The molecule has 0 fully saturated rings. The summed E-state index contributed by atoms with van der Waals surface area (Å²) in [6, 6.07) is 3.91. The van der Waals surface area contributed by atoms with Crippen molar-refractivity contribution in [3.8, 4) is 5.75 Å². The lowest BCUT2D eigenvalue weighted by Gasteiger charge is -2.00. The fourth-order valence-corrected chi connectivity index (χ4v) is 1.62. The van der Waals surface area contributed by atoms with Crippen LogP contribution in [-0.4, -0.2) is 6.73 Å². The lowest BCUT2D eigenvalue weighted by molar-refractivity contribution is 0.351. The van der Waals surface area contributed by atoms with Crippen LogP contribution in [0, 0.1) is 0 Å². The number of rotatable bonds is 0. The summed E-state index contributed by atoms with van der Waals surface area (Å²) in [4.78, 5) is 8.52. The zero-order valence-electron chi connectivity index (χ0n) is 7.47. The Kier molecular flexibility index (Phi) is 1.50. The van der Waals surface area contributed by atoms with Gasteiger partial charge in [0.05, 0.1) is 5.36 Å². The Bertz CT molecular complexity index is 555. The topological polar surface area (TPSA) is 34.0 Å². The molecule has 2 aliphatic heterocycles. The van der Waals surface area contributed by atoms with Gasteiger partial charge in [-0.2, -0.15) is 0 Å². The van der Waals surface area contributed by atoms with Crippen LogP contribution in [0.5, 0.6) is 5.75 Å². The molecule has 0 unspecified atom stereocenters. The van der Waals surface area contributed by atoms with E-state index in [1.54, 1.807) is 6.20 Å². The Labute approximate surface area is 80.8 Å². The summed E-state index contributed by atoms with van der Waals surface area (Å²) in [5, 5.41) is 1.86. The van der Waals surface area contributed by atoms with Crippen LogP contribution in [0.3, 0.4) is 0 Å². The minimum Gasteiger partial charge on any atom is -0.468 e. The number of benzene rings is 1. The van der Waals surface area contributed by atoms with E-state index in [2.05, 4.69) is 9.98 Å². The van der Waals surface area contributed by atoms with Crippen molar-refractivity contribution in [2.45, 2.75) is 0 Å². The zero-order valence-corrected chi connectivity index (χ0v) is 7.47. The number of allylic oxidation sites excluding steroid dienone is 2. The molecule has 0 atom stereocenters. The summed E-state index contributed by atoms with van der Waals surface area (Å²) in [7, 11) is 0. The first-order valence-corrected chi connectivity index (χ1v) is 4.46. The number of nitrogens with zero attached hydrogens (tertiary/aromatic N) is 2. The Morgan fingerprint density at radius 3 is 3.07 bits per heavy atom. The van der Waals surface area contributed by atoms with Gasteiger partial charge in [0, 0.05) is 11.8 Å². The first kappa shape index (κ1) is 7.50. The molecule has 1 aromatic rings. The van der Waals surface area contributed by atoms with Gasteiger partial charge in [-0.3, -0.25) is 4.99 Å². The van der Waals surface area contributed by atoms with Crippen molar-refractivity contribution in [3.05, 3.63) is 46.8 Å². The van der Waals surface area contributed by atoms with Gasteiger partial charge >= 0.3 is 0 Å². The molecule has 0 radical (unpaired) electrons. The molecule has 0 amide bonds. The van der Waals surface area contributed by atoms with Crippen molar-refractivity contribution in [2.24, 2.45) is 9.98 Å². The largest absolute Gasteiger partial charge is 0.468 e. The average molecular weight is 184 g/mol. The predicted molar refractivity (Wildman–Crippen MR) is 52.4 cm³/mol. The van der Waals surface area contributed by atoms with Gasteiger partial charge in [-0.15, -0.1) is 0 Å². The number of hydrogen-bond donors (Lipinski definition) is 0. The van der Waals surface area contributed by atoms with Gasteiger partial charge in [-0.05, 0) is 24.3 Å². The quantitative estimate of drug-likeness (QED) is 0.587. The lowest BCUT2D eigenvalue weighted by atomic mass is 10.1. The Hall–Kier alpha value is -1.90. The molecule has 0 aromatic heterocycles. The number of ether oxygens (including phenoxy) is 1. The molecule has 14 heavy (non-hydrogen) atoms. The standard InChI is InChI=1S/C11H8N2O/c1-2-6-12-9-4-5-10-11(8(9)3-1)14-7-13-10/h1-6H,7H2. The minimum atomic E-state index is 0.424. The fraction of sp³-hybridized carbons (Fsp3) is 0.0909. The Morgan fingerprint density at radius 1 is 1.14 bits per heavy atom. The minimum absolute atomic E-state index is 0.424. The maximum atomic E-state index is 5.45. The highest BCUT2D eigenvalue weighted by Crippen LogP contribution is 2.14. The third-order valence-corrected chi connectivity index (χ3v) is 2.27. The van der Waals surface area contributed by atoms with Gasteiger partial charge in [-0.1, -0.05) is 6.08 Å². The lowest BCUT2D eigenvalue weighted by Crippen LogP contribution is -2.12. The predicted octanol–water partition coefficient (Wildman–Crippen LogP) is 0.816. The molecule has 3 heteroatoms. The molecular weight excluding hydrogens is 176 g/mol. The molecule has 0 bridgehead atoms. The highest BCUT2D eigenvalue weighted by Gasteiger charge is 2.11. The van der Waals surface area contributed by atoms with Crippen LogP contribution in [-0.2, 0) is 0 Å². The van der Waals surface area contributed by atoms with Crippen LogP contribution in [0.25, 0.3) is 6.08 Å². The second-order valence-electron chi connectivity index (χ2n) is 3.11. The molecule has 0 N–H and O–H groups in total. The number of hydrogen-bond acceptors (Lipinski definition) is 3. The van der Waals surface area contributed by atoms with E-state index >= 15 is 0 Å². The summed E-state index contributed by atoms with van der Waals surface area (Å²) in [5.74, 6) is 0.853. The SMILES string of the molecule is C1=CN=c2ccc3c(c2C=C1)OCN=3. The van der Waals surface area contributed by atoms with Crippen molar-refractivity contribution < 1.29 is 4.74 Å². The highest BCUT2D eigenvalue weighted by molar-refractivity contribution is 5.59. The van der Waals surface area contributed by atoms with Crippen LogP contribution in [0.4, 0.5) is 0 Å². The van der Waals surface area contributed by atoms with Crippen LogP contribution < -0.4 is 15.5 Å². The molecule has 0 saturated heterocycles. The maximum Gasteiger partial charge on any atom is 0.180 e. The monoisotopic (exact) mass is 184 g/mol. The van der Waals surface area contributed by atoms with Crippen molar-refractivity contribution in [2.75, 3.05) is 6.73 Å². The second kappa shape index (κ2) is 2.80. The normalized spacial score (nSPS) is 16.0. The first-order chi connectivity index (χ1) is 6.95. The van der Waals surface area contributed by atoms with Crippen molar-refractivity contribution in [1.29, 1.82) is 0 Å². The fourth-order valence-electron chi connectivity index (χ4n) is 1.62. The van der Waals surface area contributed by atoms with Gasteiger partial charge < -0.3 is 4.74 Å². The average Bonchev–Trinajstić information content (AvgIpc) is 2.55. The van der Waals surface area contributed by atoms with Gasteiger partial charge in [0.25, 0.3) is 0 Å². The van der Waals surface area contributed by atoms with E-state index in [0.717, 1.165) is 22.0 Å². The summed E-state index contributed by atoms with van der Waals surface area (Å²) in [6.45, 7) is 0.424. The summed E-state index contributed by atoms with van der Waals surface area (Å²) < 4.78 is 5.45. The van der Waals surface area contributed by atoms with Crippen LogP contribution in [0.1, 0.15) is 5.56 Å². The molecule has 3 nitrogen and oxygen atoms in total. The molecule has 0 spiro atoms. The van der Waals surface area contributed by atoms with E-state index in [1.807, 2.05) is 30.4 Å². The Balaban J connectivity index is 2.42.